The fourth-order valence-electron chi connectivity index (χ4n) is 3.69. The molecule has 0 aliphatic heterocycles. The average molecular weight is 352 g/mol. The Hall–Kier alpha value is -1.63. The van der Waals surface area contributed by atoms with Gasteiger partial charge in [0.05, 0.1) is 11.6 Å². The minimum Gasteiger partial charge on any atom is -0.461 e. The van der Waals surface area contributed by atoms with Crippen molar-refractivity contribution in [1.29, 1.82) is 0 Å². The van der Waals surface area contributed by atoms with Gasteiger partial charge in [0.25, 0.3) is 0 Å². The van der Waals surface area contributed by atoms with Crippen molar-refractivity contribution < 1.29 is 19.1 Å². The molecule has 1 amide bonds. The fraction of sp³-hybridized carbons (Fsp3) is 0.706. The van der Waals surface area contributed by atoms with Crippen LogP contribution in [0.3, 0.4) is 0 Å². The maximum Gasteiger partial charge on any atom is 0.407 e. The van der Waals surface area contributed by atoms with E-state index >= 15 is 0 Å². The second kappa shape index (κ2) is 6.02. The number of carbonyl (C=O) groups excluding carboxylic acids is 2. The van der Waals surface area contributed by atoms with E-state index in [2.05, 4.69) is 10.3 Å². The number of aromatic nitrogens is 1. The number of amides is 1. The third kappa shape index (κ3) is 3.27. The molecule has 3 saturated carbocycles. The lowest BCUT2D eigenvalue weighted by Gasteiger charge is -2.36. The molecule has 3 fully saturated rings. The highest BCUT2D eigenvalue weighted by atomic mass is 32.1. The number of nitrogens with zero attached hydrogens (tertiary/aromatic N) is 1. The van der Waals surface area contributed by atoms with Crippen molar-refractivity contribution in [3.8, 4) is 0 Å². The molecule has 1 heterocycles. The summed E-state index contributed by atoms with van der Waals surface area (Å²) in [5.41, 5.74) is -0.106. The van der Waals surface area contributed by atoms with Gasteiger partial charge in [-0.1, -0.05) is 0 Å². The number of hydrogen-bond donors (Lipinski definition) is 1. The standard InChI is InChI=1S/C17H24N2O4S/c1-5-22-13(20)12-9-24-14(18-12)17-6-10(7-17)11(8-17)19-15(21)23-16(2,3)4/h9-11H,5-8H2,1-4H3,(H,19,21). The van der Waals surface area contributed by atoms with Gasteiger partial charge in [0, 0.05) is 16.8 Å². The molecular formula is C17H24N2O4S. The van der Waals surface area contributed by atoms with Gasteiger partial charge in [-0.15, -0.1) is 11.3 Å². The zero-order valence-corrected chi connectivity index (χ0v) is 15.4. The summed E-state index contributed by atoms with van der Waals surface area (Å²) < 4.78 is 10.3. The first-order valence-corrected chi connectivity index (χ1v) is 9.23. The molecule has 3 aliphatic carbocycles. The Balaban J connectivity index is 1.62. The van der Waals surface area contributed by atoms with Crippen LogP contribution in [0.5, 0.6) is 0 Å². The highest BCUT2D eigenvalue weighted by molar-refractivity contribution is 7.10. The molecule has 4 rings (SSSR count). The Labute approximate surface area is 145 Å². The first-order valence-electron chi connectivity index (χ1n) is 8.35. The van der Waals surface area contributed by atoms with Gasteiger partial charge in [-0.25, -0.2) is 14.6 Å². The minimum absolute atomic E-state index is 0.000241. The first-order chi connectivity index (χ1) is 11.2. The summed E-state index contributed by atoms with van der Waals surface area (Å²) >= 11 is 1.51. The number of alkyl carbamates (subject to hydrolysis) is 1. The number of hydrogen-bond acceptors (Lipinski definition) is 6. The molecular weight excluding hydrogens is 328 g/mol. The van der Waals surface area contributed by atoms with Gasteiger partial charge < -0.3 is 14.8 Å². The molecule has 3 aliphatic rings. The van der Waals surface area contributed by atoms with Crippen LogP contribution in [0.25, 0.3) is 0 Å². The number of ether oxygens (including phenoxy) is 2. The lowest BCUT2D eigenvalue weighted by Crippen LogP contribution is -2.40. The van der Waals surface area contributed by atoms with Crippen molar-refractivity contribution in [3.05, 3.63) is 16.1 Å². The lowest BCUT2D eigenvalue weighted by atomic mass is 9.70. The Bertz CT molecular complexity index is 643. The van der Waals surface area contributed by atoms with Crippen molar-refractivity contribution in [1.82, 2.24) is 10.3 Å². The van der Waals surface area contributed by atoms with E-state index in [1.807, 2.05) is 20.8 Å². The predicted octanol–water partition coefficient (Wildman–Crippen LogP) is 3.26. The van der Waals surface area contributed by atoms with Crippen LogP contribution in [0.1, 0.15) is 62.5 Å². The molecule has 1 aromatic rings. The molecule has 24 heavy (non-hydrogen) atoms. The van der Waals surface area contributed by atoms with Crippen LogP contribution in [0.2, 0.25) is 0 Å². The fourth-order valence-corrected chi connectivity index (χ4v) is 4.71. The van der Waals surface area contributed by atoms with E-state index in [0.717, 1.165) is 24.3 Å². The highest BCUT2D eigenvalue weighted by Crippen LogP contribution is 2.60. The van der Waals surface area contributed by atoms with Crippen LogP contribution in [-0.4, -0.2) is 35.3 Å². The third-order valence-electron chi connectivity index (χ3n) is 4.63. The van der Waals surface area contributed by atoms with Crippen LogP contribution >= 0.6 is 11.3 Å². The van der Waals surface area contributed by atoms with Crippen molar-refractivity contribution in [2.45, 2.75) is 64.0 Å². The first kappa shape index (κ1) is 17.2. The zero-order chi connectivity index (χ0) is 17.5. The Kier molecular flexibility index (Phi) is 4.32. The molecule has 0 aromatic carbocycles. The maximum absolute atomic E-state index is 12.0. The van der Waals surface area contributed by atoms with Crippen molar-refractivity contribution in [2.75, 3.05) is 6.61 Å². The third-order valence-corrected chi connectivity index (χ3v) is 5.72. The van der Waals surface area contributed by atoms with Crippen molar-refractivity contribution >= 4 is 23.4 Å². The Morgan fingerprint density at radius 2 is 2.08 bits per heavy atom. The van der Waals surface area contributed by atoms with Crippen LogP contribution in [0, 0.1) is 5.92 Å². The van der Waals surface area contributed by atoms with E-state index in [9.17, 15) is 9.59 Å². The second-order valence-electron chi connectivity index (χ2n) is 7.66. The molecule has 0 radical (unpaired) electrons. The van der Waals surface area contributed by atoms with Gasteiger partial charge in [-0.3, -0.25) is 0 Å². The topological polar surface area (TPSA) is 77.5 Å². The lowest BCUT2D eigenvalue weighted by molar-refractivity contribution is 0.0489. The summed E-state index contributed by atoms with van der Waals surface area (Å²) in [6.07, 6.45) is 2.50. The summed E-state index contributed by atoms with van der Waals surface area (Å²) in [7, 11) is 0. The second-order valence-corrected chi connectivity index (χ2v) is 8.52. The number of nitrogens with one attached hydrogen (secondary N) is 1. The molecule has 132 valence electrons. The number of rotatable bonds is 4. The SMILES string of the molecule is CCOC(=O)c1csc(C23CC(C2)C(NC(=O)OC(C)(C)C)C3)n1. The largest absolute Gasteiger partial charge is 0.461 e. The van der Waals surface area contributed by atoms with Gasteiger partial charge >= 0.3 is 12.1 Å². The normalized spacial score (nSPS) is 28.2. The van der Waals surface area contributed by atoms with Gasteiger partial charge in [0.1, 0.15) is 5.60 Å². The van der Waals surface area contributed by atoms with E-state index < -0.39 is 5.60 Å². The zero-order valence-electron chi connectivity index (χ0n) is 14.5. The molecule has 0 saturated heterocycles. The van der Waals surface area contributed by atoms with Crippen molar-refractivity contribution in [3.63, 3.8) is 0 Å². The summed E-state index contributed by atoms with van der Waals surface area (Å²) in [5, 5.41) is 5.74. The van der Waals surface area contributed by atoms with Crippen molar-refractivity contribution in [2.24, 2.45) is 5.92 Å². The van der Waals surface area contributed by atoms with E-state index in [4.69, 9.17) is 9.47 Å². The van der Waals surface area contributed by atoms with E-state index in [-0.39, 0.29) is 23.5 Å². The molecule has 0 spiro atoms. The summed E-state index contributed by atoms with van der Waals surface area (Å²) in [6, 6.07) is 0.120. The van der Waals surface area contributed by atoms with Gasteiger partial charge in [-0.05, 0) is 52.9 Å². The molecule has 2 bridgehead atoms. The monoisotopic (exact) mass is 352 g/mol. The summed E-state index contributed by atoms with van der Waals surface area (Å²) in [4.78, 5) is 28.3. The van der Waals surface area contributed by atoms with Gasteiger partial charge in [0.15, 0.2) is 5.69 Å². The number of carbonyl (C=O) groups is 2. The molecule has 1 aromatic heterocycles. The van der Waals surface area contributed by atoms with Gasteiger partial charge in [-0.2, -0.15) is 0 Å². The van der Waals surface area contributed by atoms with Crippen LogP contribution < -0.4 is 5.32 Å². The molecule has 6 nitrogen and oxygen atoms in total. The number of esters is 1. The van der Waals surface area contributed by atoms with Crippen LogP contribution in [-0.2, 0) is 14.9 Å². The Morgan fingerprint density at radius 1 is 1.38 bits per heavy atom. The number of fused-ring (bicyclic) bond motifs is 1. The highest BCUT2D eigenvalue weighted by Gasteiger charge is 2.59. The quantitative estimate of drug-likeness (QED) is 0.842. The molecule has 7 heteroatoms. The van der Waals surface area contributed by atoms with E-state index in [0.29, 0.717) is 18.2 Å². The number of thiazole rings is 1. The molecule has 1 unspecified atom stereocenters. The maximum atomic E-state index is 12.0. The summed E-state index contributed by atoms with van der Waals surface area (Å²) in [5.74, 6) is 0.0983. The Morgan fingerprint density at radius 3 is 2.71 bits per heavy atom. The molecule has 1 N–H and O–H groups in total. The minimum atomic E-state index is -0.493. The van der Waals surface area contributed by atoms with E-state index in [1.54, 1.807) is 12.3 Å². The predicted molar refractivity (Wildman–Crippen MR) is 90.2 cm³/mol. The average Bonchev–Trinajstić information content (AvgIpc) is 3.07. The van der Waals surface area contributed by atoms with Crippen LogP contribution in [0.4, 0.5) is 4.79 Å². The van der Waals surface area contributed by atoms with E-state index in [1.165, 1.54) is 11.3 Å². The molecule has 1 atom stereocenters. The van der Waals surface area contributed by atoms with Crippen LogP contribution in [0.15, 0.2) is 5.38 Å². The summed E-state index contributed by atoms with van der Waals surface area (Å²) in [6.45, 7) is 7.70. The smallest absolute Gasteiger partial charge is 0.407 e. The van der Waals surface area contributed by atoms with Gasteiger partial charge in [0.2, 0.25) is 0 Å².